The molecule has 0 radical (unpaired) electrons. The number of ether oxygens (including phenoxy) is 1. The molecule has 0 saturated heterocycles. The zero-order valence-electron chi connectivity index (χ0n) is 12.0. The fourth-order valence-electron chi connectivity index (χ4n) is 2.23. The van der Waals surface area contributed by atoms with Crippen molar-refractivity contribution >= 4 is 0 Å². The lowest BCUT2D eigenvalue weighted by Gasteiger charge is -2.35. The lowest BCUT2D eigenvalue weighted by molar-refractivity contribution is 0.125. The van der Waals surface area contributed by atoms with Crippen LogP contribution in [0.2, 0.25) is 0 Å². The number of nitrogens with two attached hydrogens (primary N) is 1. The van der Waals surface area contributed by atoms with Gasteiger partial charge in [0, 0.05) is 26.2 Å². The van der Waals surface area contributed by atoms with Crippen molar-refractivity contribution in [3.8, 4) is 0 Å². The normalized spacial score (nSPS) is 13.9. The Morgan fingerprint density at radius 2 is 1.89 bits per heavy atom. The second kappa shape index (κ2) is 6.88. The number of hydrogen-bond acceptors (Lipinski definition) is 3. The molecule has 0 aliphatic rings. The third-order valence-electron chi connectivity index (χ3n) is 3.36. The van der Waals surface area contributed by atoms with Crippen molar-refractivity contribution in [2.24, 2.45) is 11.1 Å². The van der Waals surface area contributed by atoms with E-state index in [1.165, 1.54) is 5.56 Å². The maximum absolute atomic E-state index is 6.39. The molecule has 3 heteroatoms. The summed E-state index contributed by atoms with van der Waals surface area (Å²) in [6.07, 6.45) is 0. The lowest BCUT2D eigenvalue weighted by atomic mass is 9.80. The van der Waals surface area contributed by atoms with E-state index in [2.05, 4.69) is 37.9 Å². The molecule has 1 aromatic carbocycles. The average Bonchev–Trinajstić information content (AvgIpc) is 2.36. The van der Waals surface area contributed by atoms with Crippen LogP contribution >= 0.6 is 0 Å². The number of nitrogens with zero attached hydrogens (tertiary/aromatic N) is 1. The fourth-order valence-corrected chi connectivity index (χ4v) is 2.23. The minimum atomic E-state index is 0.0316. The summed E-state index contributed by atoms with van der Waals surface area (Å²) in [5.74, 6) is 0. The van der Waals surface area contributed by atoms with Gasteiger partial charge in [0.15, 0.2) is 0 Å². The van der Waals surface area contributed by atoms with Crippen LogP contribution in [0.1, 0.15) is 25.5 Å². The van der Waals surface area contributed by atoms with Crippen LogP contribution in [0.4, 0.5) is 0 Å². The molecule has 1 unspecified atom stereocenters. The minimum absolute atomic E-state index is 0.0316. The van der Waals surface area contributed by atoms with E-state index >= 15 is 0 Å². The van der Waals surface area contributed by atoms with Crippen LogP contribution < -0.4 is 5.73 Å². The predicted octanol–water partition coefficient (Wildman–Crippen LogP) is 2.29. The van der Waals surface area contributed by atoms with Gasteiger partial charge in [0.25, 0.3) is 0 Å². The summed E-state index contributed by atoms with van der Waals surface area (Å²) in [5, 5.41) is 0. The third kappa shape index (κ3) is 4.41. The minimum Gasteiger partial charge on any atom is -0.383 e. The van der Waals surface area contributed by atoms with E-state index in [1.807, 2.05) is 18.2 Å². The number of hydrogen-bond donors (Lipinski definition) is 1. The van der Waals surface area contributed by atoms with Gasteiger partial charge in [0.2, 0.25) is 0 Å². The van der Waals surface area contributed by atoms with Crippen molar-refractivity contribution in [1.29, 1.82) is 0 Å². The van der Waals surface area contributed by atoms with Crippen LogP contribution in [0.5, 0.6) is 0 Å². The monoisotopic (exact) mass is 250 g/mol. The van der Waals surface area contributed by atoms with Gasteiger partial charge in [0.1, 0.15) is 0 Å². The Labute approximate surface area is 111 Å². The summed E-state index contributed by atoms with van der Waals surface area (Å²) < 4.78 is 5.10. The number of methoxy groups -OCH3 is 1. The van der Waals surface area contributed by atoms with Crippen LogP contribution in [-0.2, 0) is 4.74 Å². The van der Waals surface area contributed by atoms with Crippen LogP contribution in [0.3, 0.4) is 0 Å². The molecular weight excluding hydrogens is 224 g/mol. The molecule has 2 N–H and O–H groups in total. The van der Waals surface area contributed by atoms with Crippen LogP contribution in [0.25, 0.3) is 0 Å². The Morgan fingerprint density at radius 1 is 1.28 bits per heavy atom. The van der Waals surface area contributed by atoms with Gasteiger partial charge >= 0.3 is 0 Å². The second-order valence-corrected chi connectivity index (χ2v) is 5.61. The van der Waals surface area contributed by atoms with Crippen molar-refractivity contribution in [1.82, 2.24) is 4.90 Å². The van der Waals surface area contributed by atoms with Gasteiger partial charge in [0.05, 0.1) is 6.61 Å². The van der Waals surface area contributed by atoms with Gasteiger partial charge in [-0.25, -0.2) is 0 Å². The molecular formula is C15H26N2O. The molecule has 0 fully saturated rings. The Morgan fingerprint density at radius 3 is 2.44 bits per heavy atom. The SMILES string of the molecule is COCCN(C)CC(C)(C)C(N)c1ccccc1. The molecule has 0 heterocycles. The van der Waals surface area contributed by atoms with Gasteiger partial charge in [-0.2, -0.15) is 0 Å². The Balaban J connectivity index is 2.62. The van der Waals surface area contributed by atoms with Crippen molar-refractivity contribution < 1.29 is 4.74 Å². The molecule has 0 saturated carbocycles. The van der Waals surface area contributed by atoms with Crippen LogP contribution in [-0.4, -0.2) is 38.8 Å². The van der Waals surface area contributed by atoms with Crippen molar-refractivity contribution in [3.63, 3.8) is 0 Å². The second-order valence-electron chi connectivity index (χ2n) is 5.61. The molecule has 1 aromatic rings. The first-order chi connectivity index (χ1) is 8.47. The van der Waals surface area contributed by atoms with E-state index in [-0.39, 0.29) is 11.5 Å². The maximum Gasteiger partial charge on any atom is 0.0589 e. The van der Waals surface area contributed by atoms with Gasteiger partial charge in [-0.15, -0.1) is 0 Å². The first-order valence-electron chi connectivity index (χ1n) is 6.45. The number of likely N-dealkylation sites (N-methyl/N-ethyl adjacent to an activating group) is 1. The summed E-state index contributed by atoms with van der Waals surface area (Å²) in [6.45, 7) is 7.07. The highest BCUT2D eigenvalue weighted by Gasteiger charge is 2.28. The quantitative estimate of drug-likeness (QED) is 0.807. The maximum atomic E-state index is 6.39. The molecule has 0 aliphatic carbocycles. The van der Waals surface area contributed by atoms with Crippen molar-refractivity contribution in [2.75, 3.05) is 33.9 Å². The summed E-state index contributed by atoms with van der Waals surface area (Å²) in [6, 6.07) is 10.3. The Kier molecular flexibility index (Phi) is 5.79. The topological polar surface area (TPSA) is 38.5 Å². The molecule has 1 atom stereocenters. The summed E-state index contributed by atoms with van der Waals surface area (Å²) in [4.78, 5) is 2.27. The molecule has 0 spiro atoms. The summed E-state index contributed by atoms with van der Waals surface area (Å²) in [7, 11) is 3.84. The van der Waals surface area contributed by atoms with E-state index in [9.17, 15) is 0 Å². The molecule has 1 rings (SSSR count). The van der Waals surface area contributed by atoms with Gasteiger partial charge in [-0.3, -0.25) is 0 Å². The van der Waals surface area contributed by atoms with E-state index in [0.717, 1.165) is 19.7 Å². The smallest absolute Gasteiger partial charge is 0.0589 e. The summed E-state index contributed by atoms with van der Waals surface area (Å²) in [5.41, 5.74) is 7.62. The third-order valence-corrected chi connectivity index (χ3v) is 3.36. The molecule has 0 bridgehead atoms. The summed E-state index contributed by atoms with van der Waals surface area (Å²) >= 11 is 0. The average molecular weight is 250 g/mol. The molecule has 0 amide bonds. The van der Waals surface area contributed by atoms with E-state index in [1.54, 1.807) is 7.11 Å². The largest absolute Gasteiger partial charge is 0.383 e. The Hall–Kier alpha value is -0.900. The fraction of sp³-hybridized carbons (Fsp3) is 0.600. The van der Waals surface area contributed by atoms with E-state index in [4.69, 9.17) is 10.5 Å². The zero-order chi connectivity index (χ0) is 13.6. The molecule has 18 heavy (non-hydrogen) atoms. The van der Waals surface area contributed by atoms with Gasteiger partial charge in [-0.05, 0) is 18.0 Å². The molecule has 102 valence electrons. The van der Waals surface area contributed by atoms with Crippen molar-refractivity contribution in [3.05, 3.63) is 35.9 Å². The van der Waals surface area contributed by atoms with Crippen LogP contribution in [0, 0.1) is 5.41 Å². The predicted molar refractivity (Wildman–Crippen MR) is 76.5 cm³/mol. The highest BCUT2D eigenvalue weighted by molar-refractivity contribution is 5.20. The van der Waals surface area contributed by atoms with Crippen molar-refractivity contribution in [2.45, 2.75) is 19.9 Å². The highest BCUT2D eigenvalue weighted by Crippen LogP contribution is 2.31. The Bertz CT molecular complexity index is 338. The number of rotatable bonds is 7. The standard InChI is InChI=1S/C15H26N2O/c1-15(2,12-17(3)10-11-18-4)14(16)13-8-6-5-7-9-13/h5-9,14H,10-12,16H2,1-4H3. The van der Waals surface area contributed by atoms with E-state index < -0.39 is 0 Å². The van der Waals surface area contributed by atoms with E-state index in [0.29, 0.717) is 0 Å². The zero-order valence-corrected chi connectivity index (χ0v) is 12.0. The first kappa shape index (κ1) is 15.2. The number of benzene rings is 1. The molecule has 0 aliphatic heterocycles. The van der Waals surface area contributed by atoms with Gasteiger partial charge < -0.3 is 15.4 Å². The van der Waals surface area contributed by atoms with Crippen LogP contribution in [0.15, 0.2) is 30.3 Å². The molecule has 3 nitrogen and oxygen atoms in total. The highest BCUT2D eigenvalue weighted by atomic mass is 16.5. The lowest BCUT2D eigenvalue weighted by Crippen LogP contribution is -2.40. The van der Waals surface area contributed by atoms with Gasteiger partial charge in [-0.1, -0.05) is 44.2 Å². The molecule has 0 aromatic heterocycles. The first-order valence-corrected chi connectivity index (χ1v) is 6.45.